The van der Waals surface area contributed by atoms with Crippen LogP contribution in [0.15, 0.2) is 42.5 Å². The van der Waals surface area contributed by atoms with Gasteiger partial charge in [-0.15, -0.1) is 0 Å². The number of halogens is 1. The average Bonchev–Trinajstić information content (AvgIpc) is 2.75. The van der Waals surface area contributed by atoms with Gasteiger partial charge in [0.1, 0.15) is 11.6 Å². The maximum atomic E-state index is 13.1. The molecule has 0 spiro atoms. The van der Waals surface area contributed by atoms with Gasteiger partial charge in [-0.2, -0.15) is 0 Å². The molecule has 0 saturated carbocycles. The van der Waals surface area contributed by atoms with E-state index in [4.69, 9.17) is 14.9 Å². The maximum Gasteiger partial charge on any atom is 0.335 e. The monoisotopic (exact) mass is 444 g/mol. The standard InChI is InChI=1S/C23H25FN2O6/c1-14-11-26(15(2)10-25(14)12-16-3-5-19(24)6-4-16)21(27)13-32-20-8-17(22(28)29)7-18(9-20)23(30)31/h3-9,14-15H,10-13H2,1-2H3,(H,28,29)(H,30,31)/t14-,15+/m0/s1. The zero-order valence-corrected chi connectivity index (χ0v) is 17.8. The Hall–Kier alpha value is -3.46. The van der Waals surface area contributed by atoms with E-state index in [0.717, 1.165) is 11.6 Å². The van der Waals surface area contributed by atoms with E-state index in [9.17, 15) is 18.8 Å². The second kappa shape index (κ2) is 9.78. The van der Waals surface area contributed by atoms with Crippen molar-refractivity contribution in [1.82, 2.24) is 9.80 Å². The van der Waals surface area contributed by atoms with E-state index in [0.29, 0.717) is 19.6 Å². The fourth-order valence-electron chi connectivity index (χ4n) is 3.75. The van der Waals surface area contributed by atoms with E-state index in [1.165, 1.54) is 24.3 Å². The number of hydrogen-bond acceptors (Lipinski definition) is 5. The van der Waals surface area contributed by atoms with Crippen molar-refractivity contribution in [2.24, 2.45) is 0 Å². The SMILES string of the molecule is C[C@@H]1CN(Cc2ccc(F)cc2)[C@@H](C)CN1C(=O)COc1cc(C(=O)O)cc(C(=O)O)c1. The first-order chi connectivity index (χ1) is 15.1. The van der Waals surface area contributed by atoms with Gasteiger partial charge in [0.25, 0.3) is 5.91 Å². The van der Waals surface area contributed by atoms with Crippen LogP contribution in [0.25, 0.3) is 0 Å². The topological polar surface area (TPSA) is 107 Å². The number of rotatable bonds is 7. The molecule has 170 valence electrons. The van der Waals surface area contributed by atoms with E-state index in [2.05, 4.69) is 4.90 Å². The van der Waals surface area contributed by atoms with Crippen molar-refractivity contribution in [2.45, 2.75) is 32.5 Å². The highest BCUT2D eigenvalue weighted by Crippen LogP contribution is 2.21. The van der Waals surface area contributed by atoms with Gasteiger partial charge in [-0.05, 0) is 49.7 Å². The molecule has 2 atom stereocenters. The molecule has 0 bridgehead atoms. The first-order valence-corrected chi connectivity index (χ1v) is 10.2. The molecule has 2 aromatic rings. The fraction of sp³-hybridized carbons (Fsp3) is 0.348. The molecule has 2 aromatic carbocycles. The number of carboxylic acids is 2. The normalized spacial score (nSPS) is 18.9. The number of carboxylic acid groups (broad SMARTS) is 2. The quantitative estimate of drug-likeness (QED) is 0.676. The molecule has 0 aromatic heterocycles. The van der Waals surface area contributed by atoms with Crippen molar-refractivity contribution in [3.8, 4) is 5.75 Å². The van der Waals surface area contributed by atoms with E-state index < -0.39 is 11.9 Å². The van der Waals surface area contributed by atoms with Crippen LogP contribution < -0.4 is 4.74 Å². The van der Waals surface area contributed by atoms with Crippen molar-refractivity contribution in [3.05, 3.63) is 65.0 Å². The van der Waals surface area contributed by atoms with Gasteiger partial charge in [0.2, 0.25) is 0 Å². The van der Waals surface area contributed by atoms with Gasteiger partial charge in [-0.1, -0.05) is 12.1 Å². The van der Waals surface area contributed by atoms with Crippen LogP contribution in [0.2, 0.25) is 0 Å². The molecular formula is C23H25FN2O6. The van der Waals surface area contributed by atoms with Crippen LogP contribution in [0, 0.1) is 5.82 Å². The summed E-state index contributed by atoms with van der Waals surface area (Å²) in [6, 6.07) is 9.72. The molecule has 32 heavy (non-hydrogen) atoms. The second-order valence-electron chi connectivity index (χ2n) is 7.95. The molecule has 1 fully saturated rings. The van der Waals surface area contributed by atoms with Crippen LogP contribution >= 0.6 is 0 Å². The van der Waals surface area contributed by atoms with Crippen LogP contribution in [-0.4, -0.2) is 69.6 Å². The van der Waals surface area contributed by atoms with Gasteiger partial charge >= 0.3 is 11.9 Å². The Morgan fingerprint density at radius 2 is 1.56 bits per heavy atom. The Labute approximate surface area is 184 Å². The molecule has 1 amide bonds. The summed E-state index contributed by atoms with van der Waals surface area (Å²) < 4.78 is 18.6. The smallest absolute Gasteiger partial charge is 0.335 e. The number of amides is 1. The predicted molar refractivity (Wildman–Crippen MR) is 113 cm³/mol. The third-order valence-electron chi connectivity index (χ3n) is 5.50. The van der Waals surface area contributed by atoms with Crippen molar-refractivity contribution < 1.29 is 33.7 Å². The molecule has 1 aliphatic heterocycles. The molecule has 0 aliphatic carbocycles. The number of piperazine rings is 1. The van der Waals surface area contributed by atoms with E-state index >= 15 is 0 Å². The molecule has 2 N–H and O–H groups in total. The summed E-state index contributed by atoms with van der Waals surface area (Å²) in [7, 11) is 0. The van der Waals surface area contributed by atoms with Crippen molar-refractivity contribution in [2.75, 3.05) is 19.7 Å². The lowest BCUT2D eigenvalue weighted by atomic mass is 10.1. The molecular weight excluding hydrogens is 419 g/mol. The first-order valence-electron chi connectivity index (χ1n) is 10.2. The first kappa shape index (κ1) is 23.2. The van der Waals surface area contributed by atoms with Gasteiger partial charge in [-0.25, -0.2) is 14.0 Å². The Kier molecular flexibility index (Phi) is 7.09. The van der Waals surface area contributed by atoms with Crippen LogP contribution in [0.3, 0.4) is 0 Å². The minimum Gasteiger partial charge on any atom is -0.484 e. The highest BCUT2D eigenvalue weighted by molar-refractivity contribution is 5.94. The van der Waals surface area contributed by atoms with Gasteiger partial charge in [-0.3, -0.25) is 9.69 Å². The van der Waals surface area contributed by atoms with Crippen molar-refractivity contribution in [3.63, 3.8) is 0 Å². The summed E-state index contributed by atoms with van der Waals surface area (Å²) in [5, 5.41) is 18.3. The Morgan fingerprint density at radius 1 is 0.969 bits per heavy atom. The lowest BCUT2D eigenvalue weighted by Crippen LogP contribution is -2.58. The summed E-state index contributed by atoms with van der Waals surface area (Å²) in [6.07, 6.45) is 0. The zero-order chi connectivity index (χ0) is 23.4. The molecule has 3 rings (SSSR count). The number of carbonyl (C=O) groups excluding carboxylic acids is 1. The maximum absolute atomic E-state index is 13.1. The molecule has 0 unspecified atom stereocenters. The molecule has 8 nitrogen and oxygen atoms in total. The van der Waals surface area contributed by atoms with Gasteiger partial charge in [0.05, 0.1) is 11.1 Å². The van der Waals surface area contributed by atoms with E-state index in [-0.39, 0.29) is 47.3 Å². The lowest BCUT2D eigenvalue weighted by molar-refractivity contribution is -0.139. The van der Waals surface area contributed by atoms with Crippen LogP contribution in [0.4, 0.5) is 4.39 Å². The molecule has 1 heterocycles. The number of ether oxygens (including phenoxy) is 1. The summed E-state index contributed by atoms with van der Waals surface area (Å²) in [5.41, 5.74) is 0.522. The summed E-state index contributed by atoms with van der Waals surface area (Å²) >= 11 is 0. The largest absolute Gasteiger partial charge is 0.484 e. The number of nitrogens with zero attached hydrogens (tertiary/aromatic N) is 2. The second-order valence-corrected chi connectivity index (χ2v) is 7.95. The third kappa shape index (κ3) is 5.61. The van der Waals surface area contributed by atoms with E-state index in [1.54, 1.807) is 17.0 Å². The number of benzene rings is 2. The lowest BCUT2D eigenvalue weighted by Gasteiger charge is -2.44. The summed E-state index contributed by atoms with van der Waals surface area (Å²) in [4.78, 5) is 39.1. The van der Waals surface area contributed by atoms with E-state index in [1.807, 2.05) is 13.8 Å². The van der Waals surface area contributed by atoms with Crippen LogP contribution in [0.1, 0.15) is 40.1 Å². The number of hydrogen-bond donors (Lipinski definition) is 2. The number of carbonyl (C=O) groups is 3. The molecule has 9 heteroatoms. The zero-order valence-electron chi connectivity index (χ0n) is 17.8. The minimum absolute atomic E-state index is 0.00583. The summed E-state index contributed by atoms with van der Waals surface area (Å²) in [6.45, 7) is 5.34. The molecule has 1 saturated heterocycles. The fourth-order valence-corrected chi connectivity index (χ4v) is 3.75. The van der Waals surface area contributed by atoms with Crippen molar-refractivity contribution in [1.29, 1.82) is 0 Å². The van der Waals surface area contributed by atoms with Crippen LogP contribution in [0.5, 0.6) is 5.75 Å². The number of aromatic carboxylic acids is 2. The third-order valence-corrected chi connectivity index (χ3v) is 5.50. The highest BCUT2D eigenvalue weighted by atomic mass is 19.1. The predicted octanol–water partition coefficient (Wildman–Crippen LogP) is 2.72. The van der Waals surface area contributed by atoms with Gasteiger partial charge < -0.3 is 19.8 Å². The highest BCUT2D eigenvalue weighted by Gasteiger charge is 2.32. The minimum atomic E-state index is -1.29. The van der Waals surface area contributed by atoms with Gasteiger partial charge in [0.15, 0.2) is 6.61 Å². The van der Waals surface area contributed by atoms with Crippen LogP contribution in [-0.2, 0) is 11.3 Å². The Bertz CT molecular complexity index is 978. The Morgan fingerprint density at radius 3 is 2.12 bits per heavy atom. The Balaban J connectivity index is 1.62. The van der Waals surface area contributed by atoms with Crippen molar-refractivity contribution >= 4 is 17.8 Å². The average molecular weight is 444 g/mol. The van der Waals surface area contributed by atoms with Gasteiger partial charge in [0, 0.05) is 31.7 Å². The molecule has 0 radical (unpaired) electrons. The summed E-state index contributed by atoms with van der Waals surface area (Å²) in [5.74, 6) is -3.13. The molecule has 1 aliphatic rings.